The normalized spacial score (nSPS) is 15.7. The summed E-state index contributed by atoms with van der Waals surface area (Å²) >= 11 is 0. The Morgan fingerprint density at radius 1 is 1.21 bits per heavy atom. The number of carbonyl (C=O) groups excluding carboxylic acids is 1. The minimum atomic E-state index is 0.0383. The zero-order valence-corrected chi connectivity index (χ0v) is 14.7. The number of carbonyl (C=O) groups is 1. The summed E-state index contributed by atoms with van der Waals surface area (Å²) in [5, 5.41) is 3.05. The van der Waals surface area contributed by atoms with Gasteiger partial charge in [0, 0.05) is 38.4 Å². The van der Waals surface area contributed by atoms with Crippen molar-refractivity contribution in [2.75, 3.05) is 44.2 Å². The maximum Gasteiger partial charge on any atom is 0.244 e. The van der Waals surface area contributed by atoms with E-state index in [1.165, 1.54) is 5.69 Å². The van der Waals surface area contributed by atoms with Crippen molar-refractivity contribution in [3.05, 3.63) is 30.3 Å². The largest absolute Gasteiger partial charge is 0.370 e. The molecule has 1 amide bonds. The molecule has 6 nitrogen and oxygen atoms in total. The van der Waals surface area contributed by atoms with Gasteiger partial charge in [-0.25, -0.2) is 4.99 Å². The van der Waals surface area contributed by atoms with E-state index in [1.54, 1.807) is 0 Å². The highest BCUT2D eigenvalue weighted by atomic mass is 16.2. The molecule has 0 saturated carbocycles. The number of benzene rings is 1. The van der Waals surface area contributed by atoms with Gasteiger partial charge in [-0.15, -0.1) is 0 Å². The fourth-order valence-corrected chi connectivity index (χ4v) is 2.65. The number of hydrogen-bond acceptors (Lipinski definition) is 3. The topological polar surface area (TPSA) is 74.0 Å². The van der Waals surface area contributed by atoms with Crippen molar-refractivity contribution in [3.63, 3.8) is 0 Å². The van der Waals surface area contributed by atoms with Gasteiger partial charge in [0.2, 0.25) is 5.91 Å². The average Bonchev–Trinajstić information content (AvgIpc) is 2.60. The van der Waals surface area contributed by atoms with Crippen LogP contribution in [0.25, 0.3) is 0 Å². The zero-order chi connectivity index (χ0) is 17.4. The standard InChI is InChI=1S/C18H29N5O/c1-15(2)8-9-20-18(19)21-14-17(24)23-12-10-22(11-13-23)16-6-4-3-5-7-16/h3-7,15H,8-14H2,1-2H3,(H3,19,20,21). The van der Waals surface area contributed by atoms with Gasteiger partial charge in [0.1, 0.15) is 6.54 Å². The van der Waals surface area contributed by atoms with Gasteiger partial charge in [0.25, 0.3) is 0 Å². The summed E-state index contributed by atoms with van der Waals surface area (Å²) in [5.41, 5.74) is 7.01. The Balaban J connectivity index is 1.72. The van der Waals surface area contributed by atoms with E-state index >= 15 is 0 Å². The quantitative estimate of drug-likeness (QED) is 0.608. The first-order chi connectivity index (χ1) is 11.6. The average molecular weight is 331 g/mol. The number of piperazine rings is 1. The van der Waals surface area contributed by atoms with Crippen LogP contribution in [0.3, 0.4) is 0 Å². The van der Waals surface area contributed by atoms with Gasteiger partial charge in [0.05, 0.1) is 0 Å². The first-order valence-electron chi connectivity index (χ1n) is 8.68. The predicted octanol–water partition coefficient (Wildman–Crippen LogP) is 1.29. The molecule has 0 aliphatic carbocycles. The van der Waals surface area contributed by atoms with Crippen molar-refractivity contribution in [2.24, 2.45) is 16.6 Å². The Morgan fingerprint density at radius 3 is 2.50 bits per heavy atom. The molecule has 0 radical (unpaired) electrons. The second kappa shape index (κ2) is 9.15. The first kappa shape index (κ1) is 18.1. The van der Waals surface area contributed by atoms with Crippen LogP contribution in [0.4, 0.5) is 5.69 Å². The molecule has 0 unspecified atom stereocenters. The molecule has 0 atom stereocenters. The molecule has 1 aromatic rings. The maximum atomic E-state index is 12.2. The van der Waals surface area contributed by atoms with E-state index in [2.05, 4.69) is 41.2 Å². The van der Waals surface area contributed by atoms with Crippen molar-refractivity contribution < 1.29 is 4.79 Å². The lowest BCUT2D eigenvalue weighted by molar-refractivity contribution is -0.129. The number of amides is 1. The minimum Gasteiger partial charge on any atom is -0.370 e. The Kier molecular flexibility index (Phi) is 6.90. The molecule has 0 bridgehead atoms. The van der Waals surface area contributed by atoms with Crippen molar-refractivity contribution in [1.82, 2.24) is 10.2 Å². The number of aliphatic imine (C=N–C) groups is 1. The summed E-state index contributed by atoms with van der Waals surface area (Å²) < 4.78 is 0. The van der Waals surface area contributed by atoms with Gasteiger partial charge >= 0.3 is 0 Å². The summed E-state index contributed by atoms with van der Waals surface area (Å²) in [6.45, 7) is 8.38. The lowest BCUT2D eigenvalue weighted by Crippen LogP contribution is -2.49. The minimum absolute atomic E-state index is 0.0383. The number of nitrogens with zero attached hydrogens (tertiary/aromatic N) is 3. The van der Waals surface area contributed by atoms with Crippen molar-refractivity contribution in [2.45, 2.75) is 20.3 Å². The SMILES string of the molecule is CC(C)CCNC(N)=NCC(=O)N1CCN(c2ccccc2)CC1. The second-order valence-electron chi connectivity index (χ2n) is 6.51. The highest BCUT2D eigenvalue weighted by Gasteiger charge is 2.20. The molecule has 1 saturated heterocycles. The molecule has 1 heterocycles. The summed E-state index contributed by atoms with van der Waals surface area (Å²) in [5.74, 6) is 1.01. The van der Waals surface area contributed by atoms with Crippen LogP contribution in [-0.4, -0.2) is 56.0 Å². The Bertz CT molecular complexity index is 536. The lowest BCUT2D eigenvalue weighted by Gasteiger charge is -2.36. The van der Waals surface area contributed by atoms with E-state index in [4.69, 9.17) is 5.73 Å². The molecule has 2 rings (SSSR count). The molecule has 3 N–H and O–H groups in total. The predicted molar refractivity (Wildman–Crippen MR) is 99.2 cm³/mol. The van der Waals surface area contributed by atoms with Crippen molar-refractivity contribution in [1.29, 1.82) is 0 Å². The highest BCUT2D eigenvalue weighted by Crippen LogP contribution is 2.15. The molecule has 1 aromatic carbocycles. The Morgan fingerprint density at radius 2 is 1.88 bits per heavy atom. The van der Waals surface area contributed by atoms with Gasteiger partial charge in [0.15, 0.2) is 5.96 Å². The lowest BCUT2D eigenvalue weighted by atomic mass is 10.1. The van der Waals surface area contributed by atoms with Gasteiger partial charge in [-0.05, 0) is 24.5 Å². The van der Waals surface area contributed by atoms with Crippen LogP contribution in [0.2, 0.25) is 0 Å². The molecule has 1 fully saturated rings. The molecular formula is C18H29N5O. The second-order valence-corrected chi connectivity index (χ2v) is 6.51. The number of para-hydroxylation sites is 1. The monoisotopic (exact) mass is 331 g/mol. The maximum absolute atomic E-state index is 12.2. The number of hydrogen-bond donors (Lipinski definition) is 2. The number of rotatable bonds is 6. The van der Waals surface area contributed by atoms with Crippen LogP contribution in [0.15, 0.2) is 35.3 Å². The van der Waals surface area contributed by atoms with E-state index < -0.39 is 0 Å². The smallest absolute Gasteiger partial charge is 0.244 e. The van der Waals surface area contributed by atoms with Crippen LogP contribution in [-0.2, 0) is 4.79 Å². The summed E-state index contributed by atoms with van der Waals surface area (Å²) in [6.07, 6.45) is 1.03. The van der Waals surface area contributed by atoms with E-state index in [9.17, 15) is 4.79 Å². The number of nitrogens with one attached hydrogen (secondary N) is 1. The van der Waals surface area contributed by atoms with Gasteiger partial charge < -0.3 is 20.9 Å². The molecule has 132 valence electrons. The molecular weight excluding hydrogens is 302 g/mol. The van der Waals surface area contributed by atoms with Crippen LogP contribution < -0.4 is 16.0 Å². The third-order valence-corrected chi connectivity index (χ3v) is 4.17. The Labute approximate surface area is 144 Å². The molecule has 0 spiro atoms. The van der Waals surface area contributed by atoms with Crippen molar-refractivity contribution in [3.8, 4) is 0 Å². The Hall–Kier alpha value is -2.24. The van der Waals surface area contributed by atoms with Crippen LogP contribution in [0.1, 0.15) is 20.3 Å². The van der Waals surface area contributed by atoms with E-state index in [-0.39, 0.29) is 12.5 Å². The van der Waals surface area contributed by atoms with E-state index in [1.807, 2.05) is 23.1 Å². The van der Waals surface area contributed by atoms with Crippen molar-refractivity contribution >= 4 is 17.6 Å². The summed E-state index contributed by atoms with van der Waals surface area (Å²) in [7, 11) is 0. The third-order valence-electron chi connectivity index (χ3n) is 4.17. The van der Waals surface area contributed by atoms with E-state index in [0.29, 0.717) is 11.9 Å². The summed E-state index contributed by atoms with van der Waals surface area (Å²) in [4.78, 5) is 20.6. The molecule has 6 heteroatoms. The molecule has 24 heavy (non-hydrogen) atoms. The van der Waals surface area contributed by atoms with Crippen LogP contribution in [0, 0.1) is 5.92 Å². The van der Waals surface area contributed by atoms with Crippen LogP contribution >= 0.6 is 0 Å². The molecule has 0 aromatic heterocycles. The van der Waals surface area contributed by atoms with Gasteiger partial charge in [-0.2, -0.15) is 0 Å². The van der Waals surface area contributed by atoms with Crippen LogP contribution in [0.5, 0.6) is 0 Å². The third kappa shape index (κ3) is 5.76. The van der Waals surface area contributed by atoms with Gasteiger partial charge in [-0.1, -0.05) is 32.0 Å². The number of anilines is 1. The molecule has 1 aliphatic rings. The fraction of sp³-hybridized carbons (Fsp3) is 0.556. The highest BCUT2D eigenvalue weighted by molar-refractivity contribution is 5.84. The molecule has 1 aliphatic heterocycles. The van der Waals surface area contributed by atoms with Gasteiger partial charge in [-0.3, -0.25) is 4.79 Å². The fourth-order valence-electron chi connectivity index (χ4n) is 2.65. The number of nitrogens with two attached hydrogens (primary N) is 1. The number of guanidine groups is 1. The summed E-state index contributed by atoms with van der Waals surface area (Å²) in [6, 6.07) is 10.3. The first-order valence-corrected chi connectivity index (χ1v) is 8.68. The van der Waals surface area contributed by atoms with E-state index in [0.717, 1.165) is 39.1 Å². The zero-order valence-electron chi connectivity index (χ0n) is 14.7.